The van der Waals surface area contributed by atoms with Gasteiger partial charge in [-0.2, -0.15) is 0 Å². The molecule has 2 nitrogen and oxygen atoms in total. The van der Waals surface area contributed by atoms with Crippen LogP contribution in [0.2, 0.25) is 0 Å². The Morgan fingerprint density at radius 1 is 0.356 bits per heavy atom. The number of aromatic nitrogens is 1. The number of hydrogen-bond acceptors (Lipinski definition) is 2. The van der Waals surface area contributed by atoms with E-state index in [1.807, 2.05) is 11.3 Å². The molecule has 0 spiro atoms. The molecule has 2 aromatic heterocycles. The maximum Gasteiger partial charge on any atom is 0.0562 e. The first-order chi connectivity index (χ1) is 29.3. The first-order valence-electron chi connectivity index (χ1n) is 20.2. The molecule has 12 aromatic rings. The molecule has 0 aliphatic rings. The summed E-state index contributed by atoms with van der Waals surface area (Å²) in [6.45, 7) is 0. The van der Waals surface area contributed by atoms with Crippen molar-refractivity contribution in [1.29, 1.82) is 0 Å². The standard InChI is InChI=1S/C56H36N2S/c1-3-14-37(15-4-1)40-19-11-20-41(34-40)38-28-31-45(32-29-38)57(51-26-13-27-53-55(51)47-33-30-39-16-9-10-23-46(39)56(47)59-53)49-24-12-25-50-54(49)48-35-42-17-7-8-18-43(42)36-52(48)58(50)44-21-5-2-6-22-44/h1-36H. The van der Waals surface area contributed by atoms with Crippen LogP contribution < -0.4 is 4.90 Å². The number of nitrogens with zero attached hydrogens (tertiary/aromatic N) is 2. The van der Waals surface area contributed by atoms with Crippen LogP contribution >= 0.6 is 11.3 Å². The van der Waals surface area contributed by atoms with Crippen molar-refractivity contribution in [2.75, 3.05) is 4.90 Å². The van der Waals surface area contributed by atoms with E-state index in [1.54, 1.807) is 0 Å². The highest BCUT2D eigenvalue weighted by molar-refractivity contribution is 7.26. The van der Waals surface area contributed by atoms with Crippen LogP contribution in [0.3, 0.4) is 0 Å². The van der Waals surface area contributed by atoms with Crippen LogP contribution in [-0.2, 0) is 0 Å². The molecule has 0 fully saturated rings. The van der Waals surface area contributed by atoms with Crippen molar-refractivity contribution in [3.63, 3.8) is 0 Å². The summed E-state index contributed by atoms with van der Waals surface area (Å²) in [6, 6.07) is 80.0. The minimum atomic E-state index is 1.11. The van der Waals surface area contributed by atoms with Gasteiger partial charge in [0.05, 0.1) is 22.4 Å². The van der Waals surface area contributed by atoms with Crippen molar-refractivity contribution in [1.82, 2.24) is 4.57 Å². The normalized spacial score (nSPS) is 11.7. The lowest BCUT2D eigenvalue weighted by atomic mass is 9.98. The van der Waals surface area contributed by atoms with E-state index in [0.29, 0.717) is 0 Å². The quantitative estimate of drug-likeness (QED) is 0.164. The number of hydrogen-bond donors (Lipinski definition) is 0. The van der Waals surface area contributed by atoms with Gasteiger partial charge in [-0.25, -0.2) is 0 Å². The monoisotopic (exact) mass is 768 g/mol. The first-order valence-corrected chi connectivity index (χ1v) is 21.0. The molecule has 0 aliphatic heterocycles. The average Bonchev–Trinajstić information content (AvgIpc) is 3.86. The number of para-hydroxylation sites is 1. The number of rotatable bonds is 6. The fourth-order valence-corrected chi connectivity index (χ4v) is 10.5. The summed E-state index contributed by atoms with van der Waals surface area (Å²) in [5.74, 6) is 0. The highest BCUT2D eigenvalue weighted by Gasteiger charge is 2.24. The van der Waals surface area contributed by atoms with Gasteiger partial charge < -0.3 is 9.47 Å². The second-order valence-corrected chi connectivity index (χ2v) is 16.4. The zero-order valence-electron chi connectivity index (χ0n) is 32.1. The average molecular weight is 769 g/mol. The van der Waals surface area contributed by atoms with E-state index in [0.717, 1.165) is 22.7 Å². The van der Waals surface area contributed by atoms with E-state index < -0.39 is 0 Å². The van der Waals surface area contributed by atoms with Gasteiger partial charge in [0.1, 0.15) is 0 Å². The molecule has 0 N–H and O–H groups in total. The second kappa shape index (κ2) is 13.6. The summed E-state index contributed by atoms with van der Waals surface area (Å²) in [6.07, 6.45) is 0. The Morgan fingerprint density at radius 3 is 1.75 bits per heavy atom. The molecule has 0 unspecified atom stereocenters. The zero-order chi connectivity index (χ0) is 38.9. The third-order valence-electron chi connectivity index (χ3n) is 11.9. The molecular weight excluding hydrogens is 733 g/mol. The van der Waals surface area contributed by atoms with E-state index in [4.69, 9.17) is 0 Å². The summed E-state index contributed by atoms with van der Waals surface area (Å²) in [4.78, 5) is 2.51. The molecule has 276 valence electrons. The molecule has 0 saturated heterocycles. The summed E-state index contributed by atoms with van der Waals surface area (Å²) in [5, 5.41) is 10.0. The van der Waals surface area contributed by atoms with Crippen molar-refractivity contribution >= 4 is 91.9 Å². The molecule has 0 bridgehead atoms. The molecule has 0 saturated carbocycles. The van der Waals surface area contributed by atoms with Gasteiger partial charge in [-0.3, -0.25) is 0 Å². The lowest BCUT2D eigenvalue weighted by molar-refractivity contribution is 1.18. The largest absolute Gasteiger partial charge is 0.309 e. The number of anilines is 3. The Balaban J connectivity index is 1.14. The topological polar surface area (TPSA) is 8.17 Å². The van der Waals surface area contributed by atoms with E-state index in [2.05, 4.69) is 228 Å². The van der Waals surface area contributed by atoms with Crippen molar-refractivity contribution in [3.05, 3.63) is 218 Å². The second-order valence-electron chi connectivity index (χ2n) is 15.3. The number of fused-ring (bicyclic) bond motifs is 9. The third kappa shape index (κ3) is 5.47. The van der Waals surface area contributed by atoms with Gasteiger partial charge in [-0.1, -0.05) is 152 Å². The summed E-state index contributed by atoms with van der Waals surface area (Å²) in [7, 11) is 0. The van der Waals surface area contributed by atoms with Gasteiger partial charge in [-0.15, -0.1) is 11.3 Å². The van der Waals surface area contributed by atoms with Gasteiger partial charge >= 0.3 is 0 Å². The Morgan fingerprint density at radius 2 is 0.966 bits per heavy atom. The lowest BCUT2D eigenvalue weighted by Crippen LogP contribution is -2.11. The van der Waals surface area contributed by atoms with Crippen LogP contribution in [0.4, 0.5) is 17.1 Å². The van der Waals surface area contributed by atoms with Crippen LogP contribution in [0, 0.1) is 0 Å². The Labute approximate surface area is 346 Å². The molecule has 0 atom stereocenters. The maximum absolute atomic E-state index is 2.51. The summed E-state index contributed by atoms with van der Waals surface area (Å²) < 4.78 is 5.04. The molecule has 3 heteroatoms. The molecule has 12 rings (SSSR count). The molecule has 0 amide bonds. The van der Waals surface area contributed by atoms with Crippen LogP contribution in [0.5, 0.6) is 0 Å². The van der Waals surface area contributed by atoms with Crippen molar-refractivity contribution in [2.24, 2.45) is 0 Å². The van der Waals surface area contributed by atoms with Gasteiger partial charge in [0.15, 0.2) is 0 Å². The van der Waals surface area contributed by atoms with E-state index in [9.17, 15) is 0 Å². The molecule has 59 heavy (non-hydrogen) atoms. The fraction of sp³-hybridized carbons (Fsp3) is 0. The Bertz CT molecular complexity index is 3540. The smallest absolute Gasteiger partial charge is 0.0562 e. The van der Waals surface area contributed by atoms with Crippen molar-refractivity contribution in [3.8, 4) is 27.9 Å². The fourth-order valence-electron chi connectivity index (χ4n) is 9.22. The SMILES string of the molecule is c1ccc(-c2cccc(-c3ccc(N(c4cccc5sc6c7ccccc7ccc6c45)c4cccc5c4c4cc6ccccc6cc4n5-c4ccccc4)cc3)c2)cc1. The number of thiophene rings is 1. The van der Waals surface area contributed by atoms with Crippen LogP contribution in [0.25, 0.3) is 91.5 Å². The predicted octanol–water partition coefficient (Wildman–Crippen LogP) is 16.3. The van der Waals surface area contributed by atoms with E-state index >= 15 is 0 Å². The third-order valence-corrected chi connectivity index (χ3v) is 13.1. The van der Waals surface area contributed by atoms with Gasteiger partial charge in [0, 0.05) is 42.3 Å². The molecular formula is C56H36N2S. The maximum atomic E-state index is 2.51. The summed E-state index contributed by atoms with van der Waals surface area (Å²) in [5.41, 5.74) is 11.7. The van der Waals surface area contributed by atoms with Gasteiger partial charge in [0.2, 0.25) is 0 Å². The zero-order valence-corrected chi connectivity index (χ0v) is 32.9. The van der Waals surface area contributed by atoms with Crippen molar-refractivity contribution < 1.29 is 0 Å². The van der Waals surface area contributed by atoms with Crippen LogP contribution in [0.15, 0.2) is 218 Å². The first kappa shape index (κ1) is 33.7. The number of benzene rings is 10. The van der Waals surface area contributed by atoms with Gasteiger partial charge in [-0.05, 0) is 111 Å². The van der Waals surface area contributed by atoms with Crippen molar-refractivity contribution in [2.45, 2.75) is 0 Å². The molecule has 0 aliphatic carbocycles. The Hall–Kier alpha value is -7.46. The van der Waals surface area contributed by atoms with Gasteiger partial charge in [0.25, 0.3) is 0 Å². The molecule has 2 heterocycles. The lowest BCUT2D eigenvalue weighted by Gasteiger charge is -2.28. The minimum Gasteiger partial charge on any atom is -0.309 e. The van der Waals surface area contributed by atoms with Crippen LogP contribution in [-0.4, -0.2) is 4.57 Å². The predicted molar refractivity (Wildman–Crippen MR) is 254 cm³/mol. The van der Waals surface area contributed by atoms with E-state index in [-0.39, 0.29) is 0 Å². The van der Waals surface area contributed by atoms with Crippen LogP contribution in [0.1, 0.15) is 0 Å². The molecule has 10 aromatic carbocycles. The van der Waals surface area contributed by atoms with E-state index in [1.165, 1.54) is 85.8 Å². The molecule has 0 radical (unpaired) electrons. The Kier molecular flexibility index (Phi) is 7.75. The highest BCUT2D eigenvalue weighted by atomic mass is 32.1. The highest BCUT2D eigenvalue weighted by Crippen LogP contribution is 2.50. The summed E-state index contributed by atoms with van der Waals surface area (Å²) >= 11 is 1.89. The minimum absolute atomic E-state index is 1.11.